The van der Waals surface area contributed by atoms with E-state index < -0.39 is 16.7 Å². The van der Waals surface area contributed by atoms with Gasteiger partial charge in [0, 0.05) is 24.3 Å². The summed E-state index contributed by atoms with van der Waals surface area (Å²) in [6.45, 7) is 3.42. The molecule has 0 saturated carbocycles. The predicted octanol–water partition coefficient (Wildman–Crippen LogP) is -0.796. The molecule has 3 N–H and O–H groups in total. The number of carbonyl (C=O) groups is 1. The van der Waals surface area contributed by atoms with Crippen molar-refractivity contribution in [1.82, 2.24) is 15.1 Å². The minimum atomic E-state index is -0.523. The zero-order chi connectivity index (χ0) is 14.5. The number of aromatic nitrogens is 2. The Morgan fingerprint density at radius 1 is 1.47 bits per heavy atom. The van der Waals surface area contributed by atoms with Crippen molar-refractivity contribution in [2.75, 3.05) is 6.61 Å². The molecular weight excluding hydrogens is 250 g/mol. The molecule has 1 aromatic heterocycles. The van der Waals surface area contributed by atoms with Crippen molar-refractivity contribution in [1.29, 1.82) is 0 Å². The molecule has 19 heavy (non-hydrogen) atoms. The van der Waals surface area contributed by atoms with Crippen LogP contribution in [-0.2, 0) is 11.3 Å². The fraction of sp³-hybridized carbons (Fsp3) is 0.583. The highest BCUT2D eigenvalue weighted by atomic mass is 16.3. The van der Waals surface area contributed by atoms with Gasteiger partial charge in [0.1, 0.15) is 6.54 Å². The van der Waals surface area contributed by atoms with Gasteiger partial charge in [0.15, 0.2) is 0 Å². The van der Waals surface area contributed by atoms with E-state index in [0.717, 1.165) is 16.8 Å². The fourth-order valence-electron chi connectivity index (χ4n) is 1.67. The lowest BCUT2D eigenvalue weighted by Crippen LogP contribution is -2.48. The van der Waals surface area contributed by atoms with Gasteiger partial charge < -0.3 is 10.4 Å². The third kappa shape index (κ3) is 4.36. The van der Waals surface area contributed by atoms with Crippen LogP contribution < -0.4 is 16.4 Å². The van der Waals surface area contributed by atoms with E-state index in [4.69, 9.17) is 5.11 Å². The lowest BCUT2D eigenvalue weighted by Gasteiger charge is -2.29. The van der Waals surface area contributed by atoms with Crippen LogP contribution in [0.5, 0.6) is 0 Å². The molecule has 1 heterocycles. The Kier molecular flexibility index (Phi) is 5.05. The Hall–Kier alpha value is -1.89. The summed E-state index contributed by atoms with van der Waals surface area (Å²) in [7, 11) is 0. The van der Waals surface area contributed by atoms with E-state index in [9.17, 15) is 14.4 Å². The lowest BCUT2D eigenvalue weighted by molar-refractivity contribution is -0.123. The molecule has 0 radical (unpaired) electrons. The number of hydrogen-bond donors (Lipinski definition) is 3. The van der Waals surface area contributed by atoms with Crippen molar-refractivity contribution in [2.45, 2.75) is 38.8 Å². The van der Waals surface area contributed by atoms with E-state index in [2.05, 4.69) is 10.4 Å². The molecule has 1 aromatic rings. The first kappa shape index (κ1) is 15.2. The number of nitrogens with zero attached hydrogens (tertiary/aromatic N) is 1. The van der Waals surface area contributed by atoms with E-state index in [0.29, 0.717) is 12.8 Å². The lowest BCUT2D eigenvalue weighted by atomic mass is 9.95. The number of amides is 1. The largest absolute Gasteiger partial charge is 0.396 e. The molecule has 0 aromatic carbocycles. The summed E-state index contributed by atoms with van der Waals surface area (Å²) in [6, 6.07) is 2.22. The smallest absolute Gasteiger partial charge is 0.265 e. The molecule has 0 aliphatic heterocycles. The number of nitrogens with one attached hydrogen (secondary N) is 2. The van der Waals surface area contributed by atoms with Crippen LogP contribution in [0.3, 0.4) is 0 Å². The van der Waals surface area contributed by atoms with Gasteiger partial charge in [-0.3, -0.25) is 19.5 Å². The maximum Gasteiger partial charge on any atom is 0.265 e. The van der Waals surface area contributed by atoms with Gasteiger partial charge in [-0.2, -0.15) is 0 Å². The van der Waals surface area contributed by atoms with E-state index in [1.54, 1.807) is 0 Å². The van der Waals surface area contributed by atoms with Crippen molar-refractivity contribution in [3.63, 3.8) is 0 Å². The Bertz CT molecular complexity index is 548. The molecule has 0 aliphatic carbocycles. The first-order chi connectivity index (χ1) is 8.90. The summed E-state index contributed by atoms with van der Waals surface area (Å²) in [5, 5.41) is 14.0. The Balaban J connectivity index is 2.77. The van der Waals surface area contributed by atoms with Gasteiger partial charge >= 0.3 is 0 Å². The quantitative estimate of drug-likeness (QED) is 0.629. The number of hydrogen-bond acceptors (Lipinski definition) is 4. The molecular formula is C12H19N3O4. The maximum absolute atomic E-state index is 11.9. The Morgan fingerprint density at radius 2 is 2.16 bits per heavy atom. The van der Waals surface area contributed by atoms with Crippen LogP contribution in [0.15, 0.2) is 21.7 Å². The summed E-state index contributed by atoms with van der Waals surface area (Å²) in [4.78, 5) is 34.4. The number of H-pyrrole nitrogens is 1. The van der Waals surface area contributed by atoms with Crippen molar-refractivity contribution < 1.29 is 9.90 Å². The molecule has 0 saturated heterocycles. The topological polar surface area (TPSA) is 104 Å². The minimum Gasteiger partial charge on any atom is -0.396 e. The Labute approximate surface area is 110 Å². The second-order valence-corrected chi connectivity index (χ2v) is 4.67. The van der Waals surface area contributed by atoms with Crippen molar-refractivity contribution in [3.05, 3.63) is 32.8 Å². The molecule has 1 rings (SSSR count). The number of aliphatic hydroxyl groups is 1. The first-order valence-corrected chi connectivity index (χ1v) is 6.12. The number of aromatic amines is 1. The molecule has 7 heteroatoms. The van der Waals surface area contributed by atoms with E-state index in [1.807, 2.05) is 13.8 Å². The molecule has 0 aliphatic rings. The zero-order valence-electron chi connectivity index (χ0n) is 11.1. The second kappa shape index (κ2) is 6.33. The normalized spacial score (nSPS) is 13.8. The average Bonchev–Trinajstić information content (AvgIpc) is 2.34. The van der Waals surface area contributed by atoms with Gasteiger partial charge in [-0.15, -0.1) is 0 Å². The van der Waals surface area contributed by atoms with Crippen LogP contribution >= 0.6 is 0 Å². The van der Waals surface area contributed by atoms with Gasteiger partial charge in [-0.1, -0.05) is 6.92 Å². The highest BCUT2D eigenvalue weighted by Gasteiger charge is 2.23. The van der Waals surface area contributed by atoms with E-state index in [1.165, 1.54) is 0 Å². The predicted molar refractivity (Wildman–Crippen MR) is 69.9 cm³/mol. The molecule has 1 amide bonds. The van der Waals surface area contributed by atoms with Crippen molar-refractivity contribution in [3.8, 4) is 0 Å². The summed E-state index contributed by atoms with van der Waals surface area (Å²) < 4.78 is 0.951. The summed E-state index contributed by atoms with van der Waals surface area (Å²) in [6.07, 6.45) is 1.08. The van der Waals surface area contributed by atoms with Crippen molar-refractivity contribution in [2.24, 2.45) is 0 Å². The fourth-order valence-corrected chi connectivity index (χ4v) is 1.67. The van der Waals surface area contributed by atoms with Crippen LogP contribution in [0.1, 0.15) is 26.7 Å². The van der Waals surface area contributed by atoms with Crippen LogP contribution in [0.25, 0.3) is 0 Å². The number of carbonyl (C=O) groups excluding carboxylic acids is 1. The van der Waals surface area contributed by atoms with Gasteiger partial charge in [-0.25, -0.2) is 4.68 Å². The monoisotopic (exact) mass is 269 g/mol. The summed E-state index contributed by atoms with van der Waals surface area (Å²) >= 11 is 0. The molecule has 0 fully saturated rings. The second-order valence-electron chi connectivity index (χ2n) is 4.67. The molecule has 1 unspecified atom stereocenters. The van der Waals surface area contributed by atoms with Gasteiger partial charge in [0.2, 0.25) is 5.91 Å². The van der Waals surface area contributed by atoms with Crippen molar-refractivity contribution >= 4 is 5.91 Å². The van der Waals surface area contributed by atoms with Gasteiger partial charge in [0.05, 0.1) is 0 Å². The third-order valence-electron chi connectivity index (χ3n) is 3.08. The Morgan fingerprint density at radius 3 is 2.74 bits per heavy atom. The molecule has 106 valence electrons. The van der Waals surface area contributed by atoms with Gasteiger partial charge in [0.25, 0.3) is 11.1 Å². The van der Waals surface area contributed by atoms with E-state index >= 15 is 0 Å². The average molecular weight is 269 g/mol. The summed E-state index contributed by atoms with van der Waals surface area (Å²) in [5.41, 5.74) is -1.42. The highest BCUT2D eigenvalue weighted by molar-refractivity contribution is 5.76. The standard InChI is InChI=1S/C12H19N3O4/c1-3-12(2,6-7-16)13-10(18)8-15-11(19)5-4-9(17)14-15/h4-5,16H,3,6-8H2,1-2H3,(H,13,18)(H,14,17). The maximum atomic E-state index is 11.9. The van der Waals surface area contributed by atoms with Crippen LogP contribution in [0, 0.1) is 0 Å². The zero-order valence-corrected chi connectivity index (χ0v) is 11.1. The molecule has 7 nitrogen and oxygen atoms in total. The first-order valence-electron chi connectivity index (χ1n) is 6.12. The molecule has 1 atom stereocenters. The third-order valence-corrected chi connectivity index (χ3v) is 3.08. The van der Waals surface area contributed by atoms with Crippen LogP contribution in [-0.4, -0.2) is 32.9 Å². The molecule has 0 bridgehead atoms. The van der Waals surface area contributed by atoms with E-state index in [-0.39, 0.29) is 19.1 Å². The minimum absolute atomic E-state index is 0.0350. The molecule has 0 spiro atoms. The summed E-state index contributed by atoms with van der Waals surface area (Å²) in [5.74, 6) is -0.387. The highest BCUT2D eigenvalue weighted by Crippen LogP contribution is 2.13. The number of aliphatic hydroxyl groups excluding tert-OH is 1. The number of rotatable bonds is 6. The van der Waals surface area contributed by atoms with Crippen LogP contribution in [0.4, 0.5) is 0 Å². The van der Waals surface area contributed by atoms with Gasteiger partial charge in [-0.05, 0) is 19.8 Å². The van der Waals surface area contributed by atoms with Crippen LogP contribution in [0.2, 0.25) is 0 Å². The SMILES string of the molecule is CCC(C)(CCO)NC(=O)Cn1[nH]c(=O)ccc1=O.